The van der Waals surface area contributed by atoms with Crippen LogP contribution in [0.4, 0.5) is 65.9 Å². The van der Waals surface area contributed by atoms with Gasteiger partial charge in [-0.1, -0.05) is 36.4 Å². The molecule has 0 unspecified atom stereocenters. The summed E-state index contributed by atoms with van der Waals surface area (Å²) < 4.78 is 252. The minimum Gasteiger partial charge on any atom is -0.497 e. The Kier molecular flexibility index (Phi) is 11.6. The van der Waals surface area contributed by atoms with Crippen LogP contribution in [-0.4, -0.2) is 21.3 Å². The van der Waals surface area contributed by atoms with Gasteiger partial charge in [0.15, 0.2) is 69.8 Å². The van der Waals surface area contributed by atoms with Crippen LogP contribution in [0.5, 0.6) is 17.2 Å². The van der Waals surface area contributed by atoms with Gasteiger partial charge in [0.05, 0.1) is 38.0 Å². The first kappa shape index (κ1) is 44.0. The maximum atomic E-state index is 16.6. The lowest BCUT2D eigenvalue weighted by atomic mass is 9.73. The molecular formula is C45H21F15O3. The molecule has 0 aliphatic rings. The van der Waals surface area contributed by atoms with Crippen molar-refractivity contribution in [3.05, 3.63) is 160 Å². The first-order chi connectivity index (χ1) is 29.9. The van der Waals surface area contributed by atoms with Crippen molar-refractivity contribution in [3.63, 3.8) is 0 Å². The lowest BCUT2D eigenvalue weighted by Crippen LogP contribution is -2.12. The SMILES string of the molecule is COc1ccc(-c2c(-c3c(F)c(F)c(F)c(F)c3F)c(-c3ccc(OC)cc3)c(-c3c(F)c(F)c(F)c(F)c3F)c(-c3ccc(OC)cc3)c2-c2c(F)c(F)c(F)c(F)c2F)cc1. The first-order valence-corrected chi connectivity index (χ1v) is 17.6. The molecule has 0 atom stereocenters. The zero-order valence-corrected chi connectivity index (χ0v) is 31.8. The van der Waals surface area contributed by atoms with Gasteiger partial charge < -0.3 is 14.2 Å². The third-order valence-corrected chi connectivity index (χ3v) is 10.0. The normalized spacial score (nSPS) is 11.3. The number of halogens is 15. The third-order valence-electron chi connectivity index (χ3n) is 10.0. The van der Waals surface area contributed by atoms with Crippen molar-refractivity contribution in [3.8, 4) is 84.0 Å². The van der Waals surface area contributed by atoms with Crippen molar-refractivity contribution in [1.29, 1.82) is 0 Å². The molecule has 0 radical (unpaired) electrons. The van der Waals surface area contributed by atoms with Gasteiger partial charge in [-0.3, -0.25) is 0 Å². The maximum Gasteiger partial charge on any atom is 0.200 e. The van der Waals surface area contributed by atoms with Crippen molar-refractivity contribution in [1.82, 2.24) is 0 Å². The molecule has 0 N–H and O–H groups in total. The average molecular weight is 895 g/mol. The van der Waals surface area contributed by atoms with E-state index < -0.39 is 154 Å². The van der Waals surface area contributed by atoms with Gasteiger partial charge in [-0.2, -0.15) is 0 Å². The summed E-state index contributed by atoms with van der Waals surface area (Å²) in [5.41, 5.74) is -16.0. The van der Waals surface area contributed by atoms with Crippen molar-refractivity contribution in [2.45, 2.75) is 0 Å². The van der Waals surface area contributed by atoms with E-state index in [1.807, 2.05) is 0 Å². The molecule has 3 nitrogen and oxygen atoms in total. The molecule has 0 saturated carbocycles. The molecule has 0 aliphatic heterocycles. The van der Waals surface area contributed by atoms with Gasteiger partial charge in [-0.05, 0) is 69.8 Å². The van der Waals surface area contributed by atoms with E-state index in [0.717, 1.165) is 94.1 Å². The van der Waals surface area contributed by atoms with Crippen LogP contribution in [0.2, 0.25) is 0 Å². The van der Waals surface area contributed by atoms with E-state index in [2.05, 4.69) is 0 Å². The van der Waals surface area contributed by atoms with Gasteiger partial charge in [0, 0.05) is 16.7 Å². The van der Waals surface area contributed by atoms with Crippen LogP contribution in [0.1, 0.15) is 0 Å². The second-order valence-corrected chi connectivity index (χ2v) is 13.3. The summed E-state index contributed by atoms with van der Waals surface area (Å²) in [6.07, 6.45) is 0. The Hall–Kier alpha value is -7.11. The maximum absolute atomic E-state index is 16.6. The smallest absolute Gasteiger partial charge is 0.200 e. The van der Waals surface area contributed by atoms with Gasteiger partial charge in [0.2, 0.25) is 17.5 Å². The Labute approximate surface area is 345 Å². The summed E-state index contributed by atoms with van der Waals surface area (Å²) in [5.74, 6) is -40.9. The first-order valence-electron chi connectivity index (χ1n) is 17.6. The average Bonchev–Trinajstić information content (AvgIpc) is 3.30. The Morgan fingerprint density at radius 3 is 0.524 bits per heavy atom. The molecule has 18 heteroatoms. The summed E-state index contributed by atoms with van der Waals surface area (Å²) in [4.78, 5) is 0. The van der Waals surface area contributed by atoms with E-state index >= 15 is 52.7 Å². The summed E-state index contributed by atoms with van der Waals surface area (Å²) in [5, 5.41) is 0. The molecular weight excluding hydrogens is 873 g/mol. The predicted octanol–water partition coefficient (Wildman–Crippen LogP) is 13.8. The molecule has 0 fully saturated rings. The minimum atomic E-state index is -2.76. The zero-order chi connectivity index (χ0) is 45.9. The molecule has 63 heavy (non-hydrogen) atoms. The highest BCUT2D eigenvalue weighted by Crippen LogP contribution is 2.59. The van der Waals surface area contributed by atoms with E-state index in [4.69, 9.17) is 14.2 Å². The monoisotopic (exact) mass is 894 g/mol. The summed E-state index contributed by atoms with van der Waals surface area (Å²) in [7, 11) is 3.45. The molecule has 7 rings (SSSR count). The van der Waals surface area contributed by atoms with E-state index in [-0.39, 0.29) is 17.2 Å². The van der Waals surface area contributed by atoms with E-state index in [9.17, 15) is 13.2 Å². The highest BCUT2D eigenvalue weighted by atomic mass is 19.2. The van der Waals surface area contributed by atoms with Crippen molar-refractivity contribution >= 4 is 0 Å². The topological polar surface area (TPSA) is 27.7 Å². The number of ether oxygens (including phenoxy) is 3. The fraction of sp³-hybridized carbons (Fsp3) is 0.0667. The number of benzene rings is 7. The Balaban J connectivity index is 2.00. The molecule has 0 bridgehead atoms. The molecule has 0 saturated heterocycles. The summed E-state index contributed by atoms with van der Waals surface area (Å²) in [6.45, 7) is 0. The van der Waals surface area contributed by atoms with E-state index in [1.54, 1.807) is 0 Å². The molecule has 0 amide bonds. The Morgan fingerprint density at radius 1 is 0.206 bits per heavy atom. The van der Waals surface area contributed by atoms with Crippen LogP contribution in [-0.2, 0) is 0 Å². The fourth-order valence-electron chi connectivity index (χ4n) is 7.11. The standard InChI is InChI=1S/C45H21F15O3/c1-61-19-10-4-16(5-11-19)22-25(28-31(46)37(52)43(58)38(53)32(28)47)23(17-6-12-20(62-2)13-7-17)27(30-35(50)41(56)45(60)42(57)36(30)51)24(18-8-14-21(63-3)15-9-18)26(22)29-33(48)39(54)44(59)40(55)34(29)49/h4-15H,1-3H3. The Morgan fingerprint density at radius 2 is 0.365 bits per heavy atom. The molecule has 0 heterocycles. The predicted molar refractivity (Wildman–Crippen MR) is 198 cm³/mol. The van der Waals surface area contributed by atoms with Crippen LogP contribution in [0.3, 0.4) is 0 Å². The molecule has 0 aromatic heterocycles. The van der Waals surface area contributed by atoms with Gasteiger partial charge in [0.1, 0.15) is 17.2 Å². The lowest BCUT2D eigenvalue weighted by Gasteiger charge is -2.29. The quantitative estimate of drug-likeness (QED) is 0.0821. The number of rotatable bonds is 9. The molecule has 324 valence electrons. The second-order valence-electron chi connectivity index (χ2n) is 13.3. The number of hydrogen-bond acceptors (Lipinski definition) is 3. The van der Waals surface area contributed by atoms with E-state index in [1.165, 1.54) is 0 Å². The van der Waals surface area contributed by atoms with E-state index in [0.29, 0.717) is 0 Å². The summed E-state index contributed by atoms with van der Waals surface area (Å²) >= 11 is 0. The Bertz CT molecular complexity index is 2560. The number of methoxy groups -OCH3 is 3. The van der Waals surface area contributed by atoms with Crippen LogP contribution in [0.15, 0.2) is 72.8 Å². The lowest BCUT2D eigenvalue weighted by molar-refractivity contribution is 0.381. The van der Waals surface area contributed by atoms with Crippen LogP contribution in [0.25, 0.3) is 66.8 Å². The van der Waals surface area contributed by atoms with Gasteiger partial charge in [-0.25, -0.2) is 65.9 Å². The van der Waals surface area contributed by atoms with Crippen LogP contribution in [0, 0.1) is 87.3 Å². The van der Waals surface area contributed by atoms with Crippen LogP contribution >= 0.6 is 0 Å². The minimum absolute atomic E-state index is 0.0295. The van der Waals surface area contributed by atoms with Crippen molar-refractivity contribution < 1.29 is 80.1 Å². The molecule has 7 aromatic carbocycles. The second kappa shape index (κ2) is 16.6. The summed E-state index contributed by atoms with van der Waals surface area (Å²) in [6, 6.07) is 12.0. The zero-order valence-electron chi connectivity index (χ0n) is 31.8. The molecule has 0 aliphatic carbocycles. The van der Waals surface area contributed by atoms with Gasteiger partial charge in [0.25, 0.3) is 0 Å². The van der Waals surface area contributed by atoms with Gasteiger partial charge in [-0.15, -0.1) is 0 Å². The van der Waals surface area contributed by atoms with Crippen LogP contribution < -0.4 is 14.2 Å². The number of hydrogen-bond donors (Lipinski definition) is 0. The van der Waals surface area contributed by atoms with Crippen molar-refractivity contribution in [2.75, 3.05) is 21.3 Å². The van der Waals surface area contributed by atoms with Gasteiger partial charge >= 0.3 is 0 Å². The largest absolute Gasteiger partial charge is 0.497 e. The van der Waals surface area contributed by atoms with Crippen molar-refractivity contribution in [2.24, 2.45) is 0 Å². The third kappa shape index (κ3) is 6.93. The highest BCUT2D eigenvalue weighted by molar-refractivity contribution is 6.15. The molecule has 0 spiro atoms. The fourth-order valence-corrected chi connectivity index (χ4v) is 7.11. The highest BCUT2D eigenvalue weighted by Gasteiger charge is 2.40. The molecule has 7 aromatic rings.